The zero-order valence-electron chi connectivity index (χ0n) is 34.7. The lowest BCUT2D eigenvalue weighted by molar-refractivity contribution is -0.154. The normalized spacial score (nSPS) is 14.4. The molecule has 0 saturated carbocycles. The number of aliphatic hydroxyl groups excluding tert-OH is 2. The third kappa shape index (κ3) is 40.3. The first kappa shape index (κ1) is 52.7. The lowest BCUT2D eigenvalue weighted by Crippen LogP contribution is -2.29. The van der Waals surface area contributed by atoms with Gasteiger partial charge in [0.2, 0.25) is 0 Å². The van der Waals surface area contributed by atoms with Crippen LogP contribution in [-0.2, 0) is 27.9 Å². The van der Waals surface area contributed by atoms with Crippen LogP contribution in [0.2, 0.25) is 0 Å². The number of ether oxygens (including phenoxy) is 2. The summed E-state index contributed by atoms with van der Waals surface area (Å²) in [7, 11) is -4.51. The van der Waals surface area contributed by atoms with Gasteiger partial charge in [-0.1, -0.05) is 172 Å². The maximum Gasteiger partial charge on any atom is 0.472 e. The minimum absolute atomic E-state index is 0.0472. The van der Waals surface area contributed by atoms with Crippen LogP contribution in [0.15, 0.2) is 36.5 Å². The Kier molecular flexibility index (Phi) is 40.3. The van der Waals surface area contributed by atoms with E-state index in [1.165, 1.54) is 122 Å². The van der Waals surface area contributed by atoms with Crippen molar-refractivity contribution in [3.05, 3.63) is 36.5 Å². The number of hydrogen-bond donors (Lipinski definition) is 3. The van der Waals surface area contributed by atoms with Gasteiger partial charge in [0.15, 0.2) is 0 Å². The quantitative estimate of drug-likeness (QED) is 0.0239. The second-order valence-electron chi connectivity index (χ2n) is 14.7. The standard InChI is InChI=1S/C44H83O9P/c1-3-5-7-9-11-13-14-15-16-17-18-19-20-21-22-23-24-25-26-27-29-31-33-35-37-50-40-43(41-52-54(48,49)51-39-42(46)38-45)53-44(47)36-34-32-30-28-12-10-8-6-4-2/h14-15,17-18,20-21,42-43,45-46H,3-13,16,19,22-41H2,1-2H3,(H,48,49)/b15-14-,18-17-,21-20-. The van der Waals surface area contributed by atoms with Crippen LogP contribution in [0.3, 0.4) is 0 Å². The van der Waals surface area contributed by atoms with E-state index < -0.39 is 33.2 Å². The molecule has 10 heteroatoms. The van der Waals surface area contributed by atoms with E-state index in [0.29, 0.717) is 6.61 Å². The topological polar surface area (TPSA) is 132 Å². The number of carbonyl (C=O) groups excluding carboxylic acids is 1. The fourth-order valence-corrected chi connectivity index (χ4v) is 6.74. The SMILES string of the molecule is CCCCCCC/C=C\C/C=C\C/C=C\CCCCCCCCCCCOCC(COP(=O)(O)OCC(O)CO)OC(=O)CCCCCCCCCCC. The molecule has 0 spiro atoms. The number of allylic oxidation sites excluding steroid dienone is 6. The molecule has 0 heterocycles. The average molecular weight is 787 g/mol. The van der Waals surface area contributed by atoms with Gasteiger partial charge in [-0.3, -0.25) is 13.8 Å². The Morgan fingerprint density at radius 2 is 1.00 bits per heavy atom. The highest BCUT2D eigenvalue weighted by atomic mass is 31.2. The van der Waals surface area contributed by atoms with Crippen molar-refractivity contribution in [2.24, 2.45) is 0 Å². The Hall–Kier alpha value is -1.32. The summed E-state index contributed by atoms with van der Waals surface area (Å²) < 4.78 is 33.3. The van der Waals surface area contributed by atoms with Crippen molar-refractivity contribution in [3.63, 3.8) is 0 Å². The van der Waals surface area contributed by atoms with Crippen LogP contribution in [0.1, 0.15) is 194 Å². The molecule has 0 radical (unpaired) electrons. The van der Waals surface area contributed by atoms with Gasteiger partial charge in [-0.2, -0.15) is 0 Å². The van der Waals surface area contributed by atoms with Crippen molar-refractivity contribution in [2.45, 2.75) is 206 Å². The van der Waals surface area contributed by atoms with Crippen LogP contribution >= 0.6 is 7.82 Å². The summed E-state index contributed by atoms with van der Waals surface area (Å²) in [6.45, 7) is 3.48. The highest BCUT2D eigenvalue weighted by Crippen LogP contribution is 2.43. The first-order valence-corrected chi connectivity index (χ1v) is 23.5. The van der Waals surface area contributed by atoms with Gasteiger partial charge in [-0.05, 0) is 51.4 Å². The highest BCUT2D eigenvalue weighted by Gasteiger charge is 2.26. The van der Waals surface area contributed by atoms with Crippen molar-refractivity contribution in [2.75, 3.05) is 33.0 Å². The molecule has 0 saturated heterocycles. The molecule has 0 aromatic rings. The summed E-state index contributed by atoms with van der Waals surface area (Å²) in [5.74, 6) is -0.388. The number of phosphoric acid groups is 1. The summed E-state index contributed by atoms with van der Waals surface area (Å²) in [6.07, 6.45) is 44.0. The number of phosphoric ester groups is 1. The van der Waals surface area contributed by atoms with Crippen molar-refractivity contribution >= 4 is 13.8 Å². The van der Waals surface area contributed by atoms with Gasteiger partial charge in [0.25, 0.3) is 0 Å². The number of carbonyl (C=O) groups is 1. The van der Waals surface area contributed by atoms with Crippen molar-refractivity contribution in [3.8, 4) is 0 Å². The number of rotatable bonds is 42. The Morgan fingerprint density at radius 3 is 1.50 bits per heavy atom. The van der Waals surface area contributed by atoms with Crippen LogP contribution in [0.4, 0.5) is 0 Å². The summed E-state index contributed by atoms with van der Waals surface area (Å²) >= 11 is 0. The molecule has 0 aliphatic rings. The zero-order chi connectivity index (χ0) is 39.6. The molecule has 0 rings (SSSR count). The highest BCUT2D eigenvalue weighted by molar-refractivity contribution is 7.47. The minimum atomic E-state index is -4.51. The molecule has 0 amide bonds. The van der Waals surface area contributed by atoms with E-state index in [4.69, 9.17) is 23.6 Å². The third-order valence-electron chi connectivity index (χ3n) is 9.33. The molecule has 0 aliphatic heterocycles. The Bertz CT molecular complexity index is 939. The molecule has 0 aromatic carbocycles. The first-order valence-electron chi connectivity index (χ1n) is 22.0. The maximum atomic E-state index is 12.5. The largest absolute Gasteiger partial charge is 0.472 e. The summed E-state index contributed by atoms with van der Waals surface area (Å²) in [6, 6.07) is 0. The lowest BCUT2D eigenvalue weighted by atomic mass is 10.1. The molecule has 0 aromatic heterocycles. The van der Waals surface area contributed by atoms with E-state index in [0.717, 1.165) is 51.4 Å². The molecule has 54 heavy (non-hydrogen) atoms. The van der Waals surface area contributed by atoms with Crippen LogP contribution < -0.4 is 0 Å². The molecule has 3 atom stereocenters. The van der Waals surface area contributed by atoms with Gasteiger partial charge in [-0.15, -0.1) is 0 Å². The van der Waals surface area contributed by atoms with Crippen molar-refractivity contribution in [1.82, 2.24) is 0 Å². The van der Waals surface area contributed by atoms with Crippen LogP contribution in [0, 0.1) is 0 Å². The monoisotopic (exact) mass is 787 g/mol. The molecule has 0 bridgehead atoms. The van der Waals surface area contributed by atoms with Gasteiger partial charge < -0.3 is 24.6 Å². The van der Waals surface area contributed by atoms with E-state index >= 15 is 0 Å². The van der Waals surface area contributed by atoms with Crippen LogP contribution in [-0.4, -0.2) is 66.3 Å². The van der Waals surface area contributed by atoms with Crippen LogP contribution in [0.25, 0.3) is 0 Å². The zero-order valence-corrected chi connectivity index (χ0v) is 35.6. The maximum absolute atomic E-state index is 12.5. The molecule has 9 nitrogen and oxygen atoms in total. The van der Waals surface area contributed by atoms with Gasteiger partial charge in [0.1, 0.15) is 12.2 Å². The van der Waals surface area contributed by atoms with E-state index in [9.17, 15) is 19.4 Å². The summed E-state index contributed by atoms with van der Waals surface area (Å²) in [5, 5.41) is 18.3. The Labute approximate surface area is 331 Å². The first-order chi connectivity index (χ1) is 26.3. The predicted molar refractivity (Wildman–Crippen MR) is 224 cm³/mol. The fourth-order valence-electron chi connectivity index (χ4n) is 5.95. The van der Waals surface area contributed by atoms with Gasteiger partial charge in [-0.25, -0.2) is 4.57 Å². The number of hydrogen-bond acceptors (Lipinski definition) is 8. The second kappa shape index (κ2) is 41.3. The van der Waals surface area contributed by atoms with Crippen molar-refractivity contribution < 1.29 is 43.0 Å². The Balaban J connectivity index is 4.03. The molecule has 0 fully saturated rings. The molecule has 318 valence electrons. The molecule has 0 aliphatic carbocycles. The second-order valence-corrected chi connectivity index (χ2v) is 16.2. The van der Waals surface area contributed by atoms with Crippen LogP contribution in [0.5, 0.6) is 0 Å². The smallest absolute Gasteiger partial charge is 0.457 e. The third-order valence-corrected chi connectivity index (χ3v) is 10.3. The average Bonchev–Trinajstić information content (AvgIpc) is 3.16. The number of esters is 1. The van der Waals surface area contributed by atoms with E-state index in [-0.39, 0.29) is 25.6 Å². The van der Waals surface area contributed by atoms with E-state index in [1.54, 1.807) is 0 Å². The summed E-state index contributed by atoms with van der Waals surface area (Å²) in [5.41, 5.74) is 0. The van der Waals surface area contributed by atoms with Gasteiger partial charge >= 0.3 is 13.8 Å². The predicted octanol–water partition coefficient (Wildman–Crippen LogP) is 12.0. The minimum Gasteiger partial charge on any atom is -0.457 e. The summed E-state index contributed by atoms with van der Waals surface area (Å²) in [4.78, 5) is 22.5. The van der Waals surface area contributed by atoms with E-state index in [2.05, 4.69) is 50.3 Å². The molecular formula is C44H83O9P. The van der Waals surface area contributed by atoms with Gasteiger partial charge in [0.05, 0.1) is 26.4 Å². The fraction of sp³-hybridized carbons (Fsp3) is 0.841. The molecule has 3 unspecified atom stereocenters. The number of aliphatic hydroxyl groups is 2. The number of unbranched alkanes of at least 4 members (excludes halogenated alkanes) is 22. The Morgan fingerprint density at radius 1 is 0.574 bits per heavy atom. The van der Waals surface area contributed by atoms with E-state index in [1.807, 2.05) is 0 Å². The van der Waals surface area contributed by atoms with Crippen molar-refractivity contribution in [1.29, 1.82) is 0 Å². The van der Waals surface area contributed by atoms with Gasteiger partial charge in [0, 0.05) is 13.0 Å². The lowest BCUT2D eigenvalue weighted by Gasteiger charge is -2.20. The molecule has 3 N–H and O–H groups in total. The molecular weight excluding hydrogens is 703 g/mol.